The van der Waals surface area contributed by atoms with Crippen molar-refractivity contribution in [2.75, 3.05) is 29.4 Å². The molecular weight excluding hydrogens is 382 g/mol. The van der Waals surface area contributed by atoms with Crippen molar-refractivity contribution in [2.45, 2.75) is 19.4 Å². The molecule has 7 heteroatoms. The predicted molar refractivity (Wildman–Crippen MR) is 117 cm³/mol. The smallest absolute Gasteiger partial charge is 0.232 e. The Balaban J connectivity index is 1.18. The number of rotatable bonds is 2. The first-order valence-electron chi connectivity index (χ1n) is 10.1. The number of thiazole rings is 1. The first-order valence-corrected chi connectivity index (χ1v) is 11.0. The summed E-state index contributed by atoms with van der Waals surface area (Å²) in [5, 5.41) is 1.07. The monoisotopic (exact) mass is 403 g/mol. The van der Waals surface area contributed by atoms with Crippen LogP contribution >= 0.6 is 11.3 Å². The first-order chi connectivity index (χ1) is 14.3. The van der Waals surface area contributed by atoms with E-state index in [0.717, 1.165) is 66.7 Å². The molecule has 0 bridgehead atoms. The van der Waals surface area contributed by atoms with E-state index < -0.39 is 0 Å². The number of carbonyl (C=O) groups is 1. The van der Waals surface area contributed by atoms with Crippen LogP contribution in [0.2, 0.25) is 0 Å². The van der Waals surface area contributed by atoms with Crippen LogP contribution in [0.4, 0.5) is 11.1 Å². The molecule has 0 N–H and O–H groups in total. The summed E-state index contributed by atoms with van der Waals surface area (Å²) in [6.45, 7) is 3.30. The second kappa shape index (κ2) is 6.56. The van der Waals surface area contributed by atoms with Gasteiger partial charge in [-0.3, -0.25) is 9.69 Å². The molecule has 2 aliphatic rings. The zero-order valence-corrected chi connectivity index (χ0v) is 16.8. The predicted octanol–water partition coefficient (Wildman–Crippen LogP) is 3.91. The van der Waals surface area contributed by atoms with Crippen LogP contribution in [0.3, 0.4) is 0 Å². The van der Waals surface area contributed by atoms with Crippen molar-refractivity contribution in [1.29, 1.82) is 0 Å². The van der Waals surface area contributed by atoms with Gasteiger partial charge >= 0.3 is 0 Å². The van der Waals surface area contributed by atoms with E-state index in [1.54, 1.807) is 11.3 Å². The summed E-state index contributed by atoms with van der Waals surface area (Å²) in [4.78, 5) is 27.0. The molecule has 0 atom stereocenters. The standard InChI is InChI=1S/C22H21N5OS/c28-20(27-14-13-26-18-7-3-1-5-16(18)23-21(26)27)15-9-11-25(12-10-15)22-24-17-6-2-4-8-19(17)29-22/h1-8,15H,9-14H2. The van der Waals surface area contributed by atoms with Gasteiger partial charge in [0.05, 0.1) is 21.3 Å². The van der Waals surface area contributed by atoms with Crippen molar-refractivity contribution in [3.05, 3.63) is 48.5 Å². The number of para-hydroxylation sites is 3. The highest BCUT2D eigenvalue weighted by Crippen LogP contribution is 2.33. The molecule has 2 aliphatic heterocycles. The molecule has 0 unspecified atom stereocenters. The lowest BCUT2D eigenvalue weighted by molar-refractivity contribution is -0.122. The number of carbonyl (C=O) groups excluding carboxylic acids is 1. The minimum Gasteiger partial charge on any atom is -0.348 e. The maximum atomic E-state index is 13.3. The summed E-state index contributed by atoms with van der Waals surface area (Å²) in [6.07, 6.45) is 1.73. The number of amides is 1. The van der Waals surface area contributed by atoms with Gasteiger partial charge in [0.2, 0.25) is 11.9 Å². The third-order valence-corrected chi connectivity index (χ3v) is 7.18. The molecule has 4 aromatic rings. The molecule has 2 aromatic carbocycles. The van der Waals surface area contributed by atoms with Crippen molar-refractivity contribution >= 4 is 49.6 Å². The van der Waals surface area contributed by atoms with Gasteiger partial charge < -0.3 is 9.47 Å². The second-order valence-corrected chi connectivity index (χ2v) is 8.78. The Morgan fingerprint density at radius 3 is 2.48 bits per heavy atom. The molecule has 2 aromatic heterocycles. The van der Waals surface area contributed by atoms with Crippen LogP contribution in [-0.4, -0.2) is 40.1 Å². The minimum atomic E-state index is 0.0620. The Bertz CT molecular complexity index is 1190. The zero-order chi connectivity index (χ0) is 19.4. The van der Waals surface area contributed by atoms with Crippen molar-refractivity contribution in [3.8, 4) is 0 Å². The maximum Gasteiger partial charge on any atom is 0.232 e. The minimum absolute atomic E-state index is 0.0620. The van der Waals surface area contributed by atoms with Crippen LogP contribution in [0, 0.1) is 5.92 Å². The molecule has 0 saturated carbocycles. The molecule has 29 heavy (non-hydrogen) atoms. The van der Waals surface area contributed by atoms with E-state index in [4.69, 9.17) is 9.97 Å². The van der Waals surface area contributed by atoms with Crippen LogP contribution in [0.25, 0.3) is 21.3 Å². The molecule has 0 radical (unpaired) electrons. The van der Waals surface area contributed by atoms with E-state index in [9.17, 15) is 4.79 Å². The average molecular weight is 404 g/mol. The lowest BCUT2D eigenvalue weighted by Crippen LogP contribution is -2.42. The van der Waals surface area contributed by atoms with Crippen molar-refractivity contribution in [2.24, 2.45) is 5.92 Å². The van der Waals surface area contributed by atoms with Crippen LogP contribution in [0.5, 0.6) is 0 Å². The summed E-state index contributed by atoms with van der Waals surface area (Å²) in [5.41, 5.74) is 3.13. The van der Waals surface area contributed by atoms with E-state index in [1.165, 1.54) is 4.70 Å². The van der Waals surface area contributed by atoms with Crippen LogP contribution in [0.15, 0.2) is 48.5 Å². The van der Waals surface area contributed by atoms with Gasteiger partial charge in [-0.1, -0.05) is 35.6 Å². The molecule has 6 nitrogen and oxygen atoms in total. The maximum absolute atomic E-state index is 13.3. The van der Waals surface area contributed by atoms with Crippen LogP contribution in [-0.2, 0) is 11.3 Å². The van der Waals surface area contributed by atoms with E-state index in [0.29, 0.717) is 0 Å². The summed E-state index contributed by atoms with van der Waals surface area (Å²) < 4.78 is 3.39. The highest BCUT2D eigenvalue weighted by atomic mass is 32.1. The number of fused-ring (bicyclic) bond motifs is 4. The molecule has 1 fully saturated rings. The van der Waals surface area contributed by atoms with E-state index in [1.807, 2.05) is 29.2 Å². The summed E-state index contributed by atoms with van der Waals surface area (Å²) >= 11 is 1.74. The van der Waals surface area contributed by atoms with Gasteiger partial charge in [-0.25, -0.2) is 9.97 Å². The van der Waals surface area contributed by atoms with Crippen molar-refractivity contribution in [1.82, 2.24) is 14.5 Å². The fraction of sp³-hybridized carbons (Fsp3) is 0.318. The lowest BCUT2D eigenvalue weighted by Gasteiger charge is -2.32. The second-order valence-electron chi connectivity index (χ2n) is 7.77. The van der Waals surface area contributed by atoms with E-state index >= 15 is 0 Å². The number of aromatic nitrogens is 3. The summed E-state index contributed by atoms with van der Waals surface area (Å²) in [6, 6.07) is 16.4. The molecule has 1 saturated heterocycles. The number of hydrogen-bond donors (Lipinski definition) is 0. The van der Waals surface area contributed by atoms with E-state index in [2.05, 4.69) is 33.7 Å². The Hall–Kier alpha value is -2.93. The highest BCUT2D eigenvalue weighted by molar-refractivity contribution is 7.22. The number of benzene rings is 2. The van der Waals surface area contributed by atoms with E-state index in [-0.39, 0.29) is 11.8 Å². The molecule has 146 valence electrons. The molecule has 4 heterocycles. The first kappa shape index (κ1) is 17.0. The van der Waals surface area contributed by atoms with Gasteiger partial charge in [0.15, 0.2) is 5.13 Å². The van der Waals surface area contributed by atoms with Gasteiger partial charge in [-0.05, 0) is 37.1 Å². The lowest BCUT2D eigenvalue weighted by atomic mass is 9.95. The summed E-state index contributed by atoms with van der Waals surface area (Å²) in [7, 11) is 0. The van der Waals surface area contributed by atoms with Crippen molar-refractivity contribution in [3.63, 3.8) is 0 Å². The topological polar surface area (TPSA) is 54.3 Å². The normalized spacial score (nSPS) is 17.4. The molecular formula is C22H21N5OS. The van der Waals surface area contributed by atoms with Crippen LogP contribution in [0.1, 0.15) is 12.8 Å². The number of hydrogen-bond acceptors (Lipinski definition) is 5. The zero-order valence-electron chi connectivity index (χ0n) is 16.0. The Morgan fingerprint density at radius 1 is 0.897 bits per heavy atom. The Kier molecular flexibility index (Phi) is 3.84. The molecule has 1 amide bonds. The number of imidazole rings is 1. The van der Waals surface area contributed by atoms with Gasteiger partial charge in [-0.2, -0.15) is 0 Å². The Labute approximate surface area is 172 Å². The SMILES string of the molecule is O=C(C1CCN(c2nc3ccccc3s2)CC1)N1CCn2c1nc1ccccc12. The van der Waals surface area contributed by atoms with Gasteiger partial charge in [0, 0.05) is 32.1 Å². The molecule has 0 aliphatic carbocycles. The van der Waals surface area contributed by atoms with Crippen LogP contribution < -0.4 is 9.80 Å². The number of piperidine rings is 1. The quantitative estimate of drug-likeness (QED) is 0.509. The average Bonchev–Trinajstić information content (AvgIpc) is 3.46. The largest absolute Gasteiger partial charge is 0.348 e. The van der Waals surface area contributed by atoms with Gasteiger partial charge in [0.25, 0.3) is 0 Å². The number of anilines is 2. The fourth-order valence-corrected chi connectivity index (χ4v) is 5.55. The number of nitrogens with zero attached hydrogens (tertiary/aromatic N) is 5. The Morgan fingerprint density at radius 2 is 1.66 bits per heavy atom. The molecule has 0 spiro atoms. The van der Waals surface area contributed by atoms with Crippen molar-refractivity contribution < 1.29 is 4.79 Å². The third kappa shape index (κ3) is 2.72. The highest BCUT2D eigenvalue weighted by Gasteiger charge is 2.34. The fourth-order valence-electron chi connectivity index (χ4n) is 4.53. The van der Waals surface area contributed by atoms with Gasteiger partial charge in [-0.15, -0.1) is 0 Å². The van der Waals surface area contributed by atoms with Gasteiger partial charge in [0.1, 0.15) is 0 Å². The summed E-state index contributed by atoms with van der Waals surface area (Å²) in [5.74, 6) is 1.10. The molecule has 6 rings (SSSR count). The third-order valence-electron chi connectivity index (χ3n) is 6.09.